The Hall–Kier alpha value is -1.43. The Kier molecular flexibility index (Phi) is 2.91. The minimum Gasteiger partial charge on any atom is -0.391 e. The summed E-state index contributed by atoms with van der Waals surface area (Å²) in [6, 6.07) is -0.910. The number of likely N-dealkylation sites (tertiary alicyclic amines) is 1. The molecule has 6 heteroatoms. The van der Waals surface area contributed by atoms with Crippen molar-refractivity contribution < 1.29 is 14.7 Å². The fourth-order valence-electron chi connectivity index (χ4n) is 2.60. The lowest BCUT2D eigenvalue weighted by Crippen LogP contribution is -2.69. The standard InChI is InChI=1S/C11H17N3O3/c1-7(15)8(9(12)16)14-6-11(10(14)17)2-4-13-5-3-11/h4,7-8,15H,2-3,5-6H2,1H3,(H2,12,16)/t7-,8+,11?/m1/s1. The number of primary amides is 1. The van der Waals surface area contributed by atoms with E-state index in [9.17, 15) is 14.7 Å². The highest BCUT2D eigenvalue weighted by molar-refractivity contribution is 5.96. The zero-order valence-corrected chi connectivity index (χ0v) is 9.80. The van der Waals surface area contributed by atoms with E-state index in [1.54, 1.807) is 6.21 Å². The molecule has 0 radical (unpaired) electrons. The fraction of sp³-hybridized carbons (Fsp3) is 0.727. The number of aliphatic hydroxyl groups is 1. The average Bonchev–Trinajstić information content (AvgIpc) is 2.28. The lowest BCUT2D eigenvalue weighted by atomic mass is 9.71. The Labute approximate surface area is 99.5 Å². The SMILES string of the molecule is C[C@@H](O)[C@@H](C(N)=O)N1CC2(CC=NCC2)C1=O. The molecule has 1 unspecified atom stereocenters. The van der Waals surface area contributed by atoms with E-state index in [0.29, 0.717) is 25.9 Å². The van der Waals surface area contributed by atoms with Crippen LogP contribution in [0.5, 0.6) is 0 Å². The van der Waals surface area contributed by atoms with E-state index >= 15 is 0 Å². The number of carbonyl (C=O) groups excluding carboxylic acids is 2. The monoisotopic (exact) mass is 239 g/mol. The van der Waals surface area contributed by atoms with Crippen LogP contribution in [-0.4, -0.2) is 53.3 Å². The van der Waals surface area contributed by atoms with E-state index in [1.807, 2.05) is 0 Å². The molecule has 2 aliphatic heterocycles. The molecule has 17 heavy (non-hydrogen) atoms. The smallest absolute Gasteiger partial charge is 0.242 e. The summed E-state index contributed by atoms with van der Waals surface area (Å²) in [5, 5.41) is 9.50. The number of rotatable bonds is 3. The Bertz CT molecular complexity index is 380. The number of aliphatic imine (C=N–C) groups is 1. The Balaban J connectivity index is 2.10. The van der Waals surface area contributed by atoms with Crippen LogP contribution < -0.4 is 5.73 Å². The summed E-state index contributed by atoms with van der Waals surface area (Å²) >= 11 is 0. The van der Waals surface area contributed by atoms with Gasteiger partial charge in [-0.05, 0) is 26.0 Å². The van der Waals surface area contributed by atoms with Gasteiger partial charge < -0.3 is 15.7 Å². The topological polar surface area (TPSA) is 96.0 Å². The van der Waals surface area contributed by atoms with Gasteiger partial charge in [-0.1, -0.05) is 0 Å². The third-order valence-corrected chi connectivity index (χ3v) is 3.60. The number of amides is 2. The lowest BCUT2D eigenvalue weighted by molar-refractivity contribution is -0.171. The highest BCUT2D eigenvalue weighted by Crippen LogP contribution is 2.41. The van der Waals surface area contributed by atoms with Gasteiger partial charge in [0.1, 0.15) is 6.04 Å². The van der Waals surface area contributed by atoms with Crippen molar-refractivity contribution in [1.29, 1.82) is 0 Å². The number of hydrogen-bond acceptors (Lipinski definition) is 4. The predicted molar refractivity (Wildman–Crippen MR) is 61.4 cm³/mol. The summed E-state index contributed by atoms with van der Waals surface area (Å²) < 4.78 is 0. The van der Waals surface area contributed by atoms with Crippen molar-refractivity contribution in [3.8, 4) is 0 Å². The molecule has 0 saturated carbocycles. The highest BCUT2D eigenvalue weighted by atomic mass is 16.3. The zero-order valence-electron chi connectivity index (χ0n) is 9.80. The molecular formula is C11H17N3O3. The molecule has 3 N–H and O–H groups in total. The fourth-order valence-corrected chi connectivity index (χ4v) is 2.60. The second-order valence-electron chi connectivity index (χ2n) is 4.84. The van der Waals surface area contributed by atoms with Crippen molar-refractivity contribution in [2.75, 3.05) is 13.1 Å². The minimum absolute atomic E-state index is 0.0895. The first-order valence-corrected chi connectivity index (χ1v) is 5.75. The van der Waals surface area contributed by atoms with Crippen molar-refractivity contribution in [1.82, 2.24) is 4.90 Å². The van der Waals surface area contributed by atoms with Gasteiger partial charge in [0.15, 0.2) is 0 Å². The molecule has 0 aromatic carbocycles. The number of carbonyl (C=O) groups is 2. The van der Waals surface area contributed by atoms with Gasteiger partial charge in [0.2, 0.25) is 11.8 Å². The van der Waals surface area contributed by atoms with Gasteiger partial charge in [-0.15, -0.1) is 0 Å². The van der Waals surface area contributed by atoms with Crippen LogP contribution in [-0.2, 0) is 9.59 Å². The van der Waals surface area contributed by atoms with Crippen molar-refractivity contribution in [3.63, 3.8) is 0 Å². The van der Waals surface area contributed by atoms with E-state index < -0.39 is 23.5 Å². The molecule has 0 aliphatic carbocycles. The molecule has 0 bridgehead atoms. The molecule has 1 spiro atoms. The molecule has 2 heterocycles. The molecule has 0 aromatic heterocycles. The summed E-state index contributed by atoms with van der Waals surface area (Å²) in [5.74, 6) is -0.749. The van der Waals surface area contributed by atoms with Crippen molar-refractivity contribution >= 4 is 18.0 Å². The van der Waals surface area contributed by atoms with Crippen LogP contribution in [0.3, 0.4) is 0 Å². The Morgan fingerprint density at radius 2 is 2.41 bits per heavy atom. The van der Waals surface area contributed by atoms with Gasteiger partial charge in [0.05, 0.1) is 11.5 Å². The maximum Gasteiger partial charge on any atom is 0.242 e. The number of nitrogens with zero attached hydrogens (tertiary/aromatic N) is 2. The number of nitrogens with two attached hydrogens (primary N) is 1. The van der Waals surface area contributed by atoms with Crippen molar-refractivity contribution in [2.24, 2.45) is 16.1 Å². The number of β-lactam (4-membered cyclic amide) rings is 1. The summed E-state index contributed by atoms with van der Waals surface area (Å²) in [7, 11) is 0. The Morgan fingerprint density at radius 1 is 1.71 bits per heavy atom. The maximum absolute atomic E-state index is 12.1. The van der Waals surface area contributed by atoms with Gasteiger partial charge in [-0.2, -0.15) is 0 Å². The Morgan fingerprint density at radius 3 is 2.82 bits per heavy atom. The maximum atomic E-state index is 12.1. The third-order valence-electron chi connectivity index (χ3n) is 3.60. The van der Waals surface area contributed by atoms with Crippen molar-refractivity contribution in [2.45, 2.75) is 31.9 Å². The molecule has 0 aromatic rings. The predicted octanol–water partition coefficient (Wildman–Crippen LogP) is -1.09. The van der Waals surface area contributed by atoms with Crippen LogP contribution in [0.4, 0.5) is 0 Å². The van der Waals surface area contributed by atoms with Crippen LogP contribution in [0.2, 0.25) is 0 Å². The molecule has 1 saturated heterocycles. The van der Waals surface area contributed by atoms with Crippen LogP contribution >= 0.6 is 0 Å². The molecule has 6 nitrogen and oxygen atoms in total. The first-order valence-electron chi connectivity index (χ1n) is 5.75. The highest BCUT2D eigenvalue weighted by Gasteiger charge is 2.55. The molecule has 1 fully saturated rings. The lowest BCUT2D eigenvalue weighted by Gasteiger charge is -2.52. The third kappa shape index (κ3) is 1.82. The molecule has 2 amide bonds. The van der Waals surface area contributed by atoms with Crippen LogP contribution in [0.25, 0.3) is 0 Å². The van der Waals surface area contributed by atoms with Gasteiger partial charge in [0.25, 0.3) is 0 Å². The van der Waals surface area contributed by atoms with Gasteiger partial charge in [0, 0.05) is 13.1 Å². The van der Waals surface area contributed by atoms with E-state index in [0.717, 1.165) is 0 Å². The van der Waals surface area contributed by atoms with E-state index in [1.165, 1.54) is 11.8 Å². The quantitative estimate of drug-likeness (QED) is 0.613. The number of aliphatic hydroxyl groups excluding tert-OH is 1. The van der Waals surface area contributed by atoms with Gasteiger partial charge in [-0.3, -0.25) is 14.6 Å². The second kappa shape index (κ2) is 4.10. The van der Waals surface area contributed by atoms with Crippen LogP contribution in [0, 0.1) is 5.41 Å². The van der Waals surface area contributed by atoms with E-state index in [-0.39, 0.29) is 5.91 Å². The molecule has 94 valence electrons. The second-order valence-corrected chi connectivity index (χ2v) is 4.84. The zero-order chi connectivity index (χ0) is 12.6. The van der Waals surface area contributed by atoms with Crippen molar-refractivity contribution in [3.05, 3.63) is 0 Å². The van der Waals surface area contributed by atoms with E-state index in [4.69, 9.17) is 5.73 Å². The van der Waals surface area contributed by atoms with Gasteiger partial charge >= 0.3 is 0 Å². The van der Waals surface area contributed by atoms with Gasteiger partial charge in [-0.25, -0.2) is 0 Å². The first-order chi connectivity index (χ1) is 7.98. The largest absolute Gasteiger partial charge is 0.391 e. The molecular weight excluding hydrogens is 222 g/mol. The average molecular weight is 239 g/mol. The summed E-state index contributed by atoms with van der Waals surface area (Å²) in [6.45, 7) is 2.60. The summed E-state index contributed by atoms with van der Waals surface area (Å²) in [5.41, 5.74) is 4.81. The number of hydrogen-bond donors (Lipinski definition) is 2. The van der Waals surface area contributed by atoms with E-state index in [2.05, 4.69) is 4.99 Å². The molecule has 2 aliphatic rings. The molecule has 2 rings (SSSR count). The molecule has 3 atom stereocenters. The summed E-state index contributed by atoms with van der Waals surface area (Å²) in [4.78, 5) is 28.8. The van der Waals surface area contributed by atoms with Crippen LogP contribution in [0.1, 0.15) is 19.8 Å². The normalized spacial score (nSPS) is 31.2. The summed E-state index contributed by atoms with van der Waals surface area (Å²) in [6.07, 6.45) is 2.16. The minimum atomic E-state index is -0.939. The first kappa shape index (κ1) is 12.0. The van der Waals surface area contributed by atoms with Crippen LogP contribution in [0.15, 0.2) is 4.99 Å².